The second-order valence-electron chi connectivity index (χ2n) is 6.93. The van der Waals surface area contributed by atoms with Gasteiger partial charge in [-0.25, -0.2) is 18.4 Å². The van der Waals surface area contributed by atoms with Crippen LogP contribution in [0.15, 0.2) is 78.0 Å². The van der Waals surface area contributed by atoms with E-state index in [1.54, 1.807) is 35.3 Å². The standard InChI is InChI=1S/C22H17FN6O2/c1-31-21-26-29(22(30)27(21)13-15-4-2-5-17(23)10-15)18-7-8-20-16(11-18)14-28(25-20)19-6-3-9-24-12-19/h2-12,14H,13H2,1H3. The van der Waals surface area contributed by atoms with Gasteiger partial charge in [0, 0.05) is 17.8 Å². The highest BCUT2D eigenvalue weighted by Crippen LogP contribution is 2.19. The minimum Gasteiger partial charge on any atom is -0.467 e. The molecule has 3 heterocycles. The summed E-state index contributed by atoms with van der Waals surface area (Å²) >= 11 is 0. The number of methoxy groups -OCH3 is 1. The summed E-state index contributed by atoms with van der Waals surface area (Å²) in [5.74, 6) is -0.368. The molecule has 5 rings (SSSR count). The van der Waals surface area contributed by atoms with Crippen LogP contribution in [0.3, 0.4) is 0 Å². The Morgan fingerprint density at radius 3 is 2.71 bits per heavy atom. The first kappa shape index (κ1) is 18.7. The summed E-state index contributed by atoms with van der Waals surface area (Å²) in [5.41, 5.74) is 2.41. The lowest BCUT2D eigenvalue weighted by atomic mass is 10.2. The number of ether oxygens (including phenoxy) is 1. The SMILES string of the molecule is COc1nn(-c2ccc3nn(-c4cccnc4)cc3c2)c(=O)n1Cc1cccc(F)c1. The molecule has 0 amide bonds. The lowest BCUT2D eigenvalue weighted by molar-refractivity contribution is 0.357. The Balaban J connectivity index is 1.55. The van der Waals surface area contributed by atoms with Crippen molar-refractivity contribution in [1.82, 2.24) is 29.1 Å². The van der Waals surface area contributed by atoms with E-state index >= 15 is 0 Å². The first-order valence-electron chi connectivity index (χ1n) is 9.51. The van der Waals surface area contributed by atoms with Crippen LogP contribution in [0.1, 0.15) is 5.56 Å². The van der Waals surface area contributed by atoms with Crippen LogP contribution in [0.5, 0.6) is 6.01 Å². The van der Waals surface area contributed by atoms with E-state index in [2.05, 4.69) is 15.2 Å². The quantitative estimate of drug-likeness (QED) is 0.440. The van der Waals surface area contributed by atoms with Gasteiger partial charge < -0.3 is 4.74 Å². The zero-order chi connectivity index (χ0) is 21.4. The van der Waals surface area contributed by atoms with Gasteiger partial charge in [-0.2, -0.15) is 9.78 Å². The molecule has 2 aromatic carbocycles. The average molecular weight is 416 g/mol. The topological polar surface area (TPSA) is 79.8 Å². The second kappa shape index (κ2) is 7.52. The highest BCUT2D eigenvalue weighted by molar-refractivity contribution is 5.80. The van der Waals surface area contributed by atoms with E-state index in [1.807, 2.05) is 30.5 Å². The van der Waals surface area contributed by atoms with Gasteiger partial charge in [-0.1, -0.05) is 12.1 Å². The summed E-state index contributed by atoms with van der Waals surface area (Å²) in [6, 6.07) is 15.4. The molecule has 0 fully saturated rings. The van der Waals surface area contributed by atoms with Gasteiger partial charge in [0.1, 0.15) is 5.82 Å². The number of pyridine rings is 1. The van der Waals surface area contributed by atoms with Gasteiger partial charge in [0.05, 0.1) is 36.7 Å². The molecule has 0 aliphatic carbocycles. The van der Waals surface area contributed by atoms with E-state index < -0.39 is 0 Å². The molecule has 31 heavy (non-hydrogen) atoms. The Morgan fingerprint density at radius 1 is 1.03 bits per heavy atom. The van der Waals surface area contributed by atoms with E-state index in [4.69, 9.17) is 4.74 Å². The fourth-order valence-corrected chi connectivity index (χ4v) is 3.42. The molecule has 5 aromatic rings. The van der Waals surface area contributed by atoms with Crippen molar-refractivity contribution in [2.75, 3.05) is 7.11 Å². The number of rotatable bonds is 5. The number of hydrogen-bond donors (Lipinski definition) is 0. The van der Waals surface area contributed by atoms with Gasteiger partial charge in [-0.15, -0.1) is 5.10 Å². The molecule has 8 nitrogen and oxygen atoms in total. The Hall–Kier alpha value is -4.27. The highest BCUT2D eigenvalue weighted by Gasteiger charge is 2.16. The monoisotopic (exact) mass is 416 g/mol. The molecule has 0 spiro atoms. The molecule has 0 saturated carbocycles. The number of benzene rings is 2. The molecular weight excluding hydrogens is 399 g/mol. The fourth-order valence-electron chi connectivity index (χ4n) is 3.42. The van der Waals surface area contributed by atoms with Gasteiger partial charge in [-0.05, 0) is 48.0 Å². The van der Waals surface area contributed by atoms with Crippen LogP contribution in [0, 0.1) is 5.82 Å². The third-order valence-corrected chi connectivity index (χ3v) is 4.88. The minimum atomic E-state index is -0.389. The lowest BCUT2D eigenvalue weighted by Crippen LogP contribution is -2.24. The normalized spacial score (nSPS) is 11.2. The van der Waals surface area contributed by atoms with Crippen molar-refractivity contribution < 1.29 is 9.13 Å². The molecule has 0 bridgehead atoms. The summed E-state index contributed by atoms with van der Waals surface area (Å²) in [5, 5.41) is 9.69. The molecule has 0 atom stereocenters. The predicted octanol–water partition coefficient (Wildman–Crippen LogP) is 2.96. The van der Waals surface area contributed by atoms with Crippen LogP contribution in [-0.2, 0) is 6.54 Å². The molecule has 0 saturated heterocycles. The molecule has 154 valence electrons. The second-order valence-corrected chi connectivity index (χ2v) is 6.93. The maximum absolute atomic E-state index is 13.5. The molecule has 0 N–H and O–H groups in total. The van der Waals surface area contributed by atoms with Gasteiger partial charge in [-0.3, -0.25) is 4.98 Å². The summed E-state index contributed by atoms with van der Waals surface area (Å²) in [6.45, 7) is 0.140. The van der Waals surface area contributed by atoms with E-state index in [0.717, 1.165) is 16.6 Å². The largest absolute Gasteiger partial charge is 0.467 e. The van der Waals surface area contributed by atoms with E-state index in [-0.39, 0.29) is 24.1 Å². The third kappa shape index (κ3) is 3.46. The molecule has 0 unspecified atom stereocenters. The summed E-state index contributed by atoms with van der Waals surface area (Å²) in [6.07, 6.45) is 5.28. The Bertz CT molecular complexity index is 1440. The van der Waals surface area contributed by atoms with Gasteiger partial charge in [0.15, 0.2) is 0 Å². The smallest absolute Gasteiger partial charge is 0.353 e. The maximum atomic E-state index is 13.5. The van der Waals surface area contributed by atoms with Crippen LogP contribution in [-0.4, -0.2) is 36.2 Å². The zero-order valence-corrected chi connectivity index (χ0v) is 16.5. The van der Waals surface area contributed by atoms with Crippen molar-refractivity contribution >= 4 is 10.9 Å². The van der Waals surface area contributed by atoms with Crippen LogP contribution in [0.2, 0.25) is 0 Å². The van der Waals surface area contributed by atoms with Gasteiger partial charge >= 0.3 is 11.7 Å². The summed E-state index contributed by atoms with van der Waals surface area (Å²) < 4.78 is 23.2. The van der Waals surface area contributed by atoms with Crippen molar-refractivity contribution in [2.45, 2.75) is 6.54 Å². The van der Waals surface area contributed by atoms with Crippen LogP contribution in [0.4, 0.5) is 4.39 Å². The van der Waals surface area contributed by atoms with Crippen LogP contribution >= 0.6 is 0 Å². The Morgan fingerprint density at radius 2 is 1.94 bits per heavy atom. The van der Waals surface area contributed by atoms with E-state index in [9.17, 15) is 9.18 Å². The Labute approximate surface area is 175 Å². The number of aromatic nitrogens is 6. The van der Waals surface area contributed by atoms with Gasteiger partial charge in [0.2, 0.25) is 0 Å². The summed E-state index contributed by atoms with van der Waals surface area (Å²) in [7, 11) is 1.44. The van der Waals surface area contributed by atoms with Crippen molar-refractivity contribution in [2.24, 2.45) is 0 Å². The molecular formula is C22H17FN6O2. The predicted molar refractivity (Wildman–Crippen MR) is 112 cm³/mol. The molecule has 3 aromatic heterocycles. The first-order valence-corrected chi connectivity index (χ1v) is 9.51. The molecule has 0 radical (unpaired) electrons. The van der Waals surface area contributed by atoms with Crippen molar-refractivity contribution in [3.8, 4) is 17.4 Å². The van der Waals surface area contributed by atoms with Gasteiger partial charge in [0.25, 0.3) is 0 Å². The number of fused-ring (bicyclic) bond motifs is 1. The minimum absolute atomic E-state index is 0.139. The van der Waals surface area contributed by atoms with Crippen molar-refractivity contribution in [1.29, 1.82) is 0 Å². The highest BCUT2D eigenvalue weighted by atomic mass is 19.1. The maximum Gasteiger partial charge on any atom is 0.353 e. The number of nitrogens with zero attached hydrogens (tertiary/aromatic N) is 6. The van der Waals surface area contributed by atoms with Crippen LogP contribution < -0.4 is 10.4 Å². The lowest BCUT2D eigenvalue weighted by Gasteiger charge is -2.04. The molecule has 0 aliphatic rings. The zero-order valence-electron chi connectivity index (χ0n) is 16.5. The first-order chi connectivity index (χ1) is 15.1. The van der Waals surface area contributed by atoms with Crippen molar-refractivity contribution in [3.63, 3.8) is 0 Å². The number of hydrogen-bond acceptors (Lipinski definition) is 5. The number of halogens is 1. The average Bonchev–Trinajstić information content (AvgIpc) is 3.35. The van der Waals surface area contributed by atoms with E-state index in [0.29, 0.717) is 11.3 Å². The van der Waals surface area contributed by atoms with E-state index in [1.165, 1.54) is 28.5 Å². The fraction of sp³-hybridized carbons (Fsp3) is 0.0909. The van der Waals surface area contributed by atoms with Crippen LogP contribution in [0.25, 0.3) is 22.3 Å². The van der Waals surface area contributed by atoms with Crippen molar-refractivity contribution in [3.05, 3.63) is 95.1 Å². The third-order valence-electron chi connectivity index (χ3n) is 4.88. The summed E-state index contributed by atoms with van der Waals surface area (Å²) in [4.78, 5) is 17.2. The molecule has 9 heteroatoms. The Kier molecular flexibility index (Phi) is 4.55. The molecule has 0 aliphatic heterocycles.